The highest BCUT2D eigenvalue weighted by Gasteiger charge is 2.33. The van der Waals surface area contributed by atoms with Crippen molar-refractivity contribution < 1.29 is 29.0 Å². The fraction of sp³-hybridized carbons (Fsp3) is 0.400. The number of carbonyl (C=O) groups is 1. The summed E-state index contributed by atoms with van der Waals surface area (Å²) in [6.45, 7) is 7.13. The standard InChI is InChI=1S/C25H29NO5/c1-15-9-16(2)13-26(12-15)14-20-21(27)8-7-19-24(28)23(31-25(19)20)10-17-5-6-18(29-3)11-22(17)30-4/h5-8,10-11,15-16,27H,9,12-14H2,1-4H3/b23-10-. The fourth-order valence-electron chi connectivity index (χ4n) is 4.85. The molecule has 6 nitrogen and oxygen atoms in total. The van der Waals surface area contributed by atoms with E-state index in [0.717, 1.165) is 13.1 Å². The Morgan fingerprint density at radius 1 is 1.13 bits per heavy atom. The van der Waals surface area contributed by atoms with Gasteiger partial charge < -0.3 is 24.2 Å². The minimum absolute atomic E-state index is 0.0757. The highest BCUT2D eigenvalue weighted by molar-refractivity contribution is 6.15. The number of ketones is 1. The summed E-state index contributed by atoms with van der Waals surface area (Å²) < 4.78 is 16.7. The molecule has 0 bridgehead atoms. The number of allylic oxidation sites excluding steroid dienone is 1. The largest absolute Gasteiger partial charge is 0.872 e. The number of carbonyl (C=O) groups excluding carboxylic acids is 1. The number of likely N-dealkylation sites (tertiary alicyclic amines) is 1. The van der Waals surface area contributed by atoms with Crippen LogP contribution in [0.2, 0.25) is 0 Å². The van der Waals surface area contributed by atoms with E-state index in [1.54, 1.807) is 38.5 Å². The average molecular weight is 424 g/mol. The van der Waals surface area contributed by atoms with Gasteiger partial charge in [0.25, 0.3) is 0 Å². The van der Waals surface area contributed by atoms with Crippen LogP contribution in [0.5, 0.6) is 23.0 Å². The lowest BCUT2D eigenvalue weighted by Gasteiger charge is -2.33. The summed E-state index contributed by atoms with van der Waals surface area (Å²) in [6, 6.07) is 8.42. The van der Waals surface area contributed by atoms with Crippen LogP contribution in [0.4, 0.5) is 0 Å². The molecular weight excluding hydrogens is 394 g/mol. The third-order valence-electron chi connectivity index (χ3n) is 6.13. The van der Waals surface area contributed by atoms with Crippen LogP contribution in [0.1, 0.15) is 41.8 Å². The van der Waals surface area contributed by atoms with Gasteiger partial charge >= 0.3 is 0 Å². The number of methoxy groups -OCH3 is 2. The smallest absolute Gasteiger partial charge is 0.231 e. The van der Waals surface area contributed by atoms with Gasteiger partial charge in [0.15, 0.2) is 5.76 Å². The number of piperidine rings is 1. The first-order valence-corrected chi connectivity index (χ1v) is 10.7. The van der Waals surface area contributed by atoms with E-state index in [4.69, 9.17) is 14.2 Å². The molecule has 2 heterocycles. The molecule has 2 aromatic rings. The van der Waals surface area contributed by atoms with Gasteiger partial charge in [-0.25, -0.2) is 0 Å². The van der Waals surface area contributed by atoms with Crippen molar-refractivity contribution in [2.75, 3.05) is 27.3 Å². The minimum Gasteiger partial charge on any atom is -0.872 e. The number of benzene rings is 2. The summed E-state index contributed by atoms with van der Waals surface area (Å²) >= 11 is 0. The molecule has 4 rings (SSSR count). The lowest BCUT2D eigenvalue weighted by molar-refractivity contribution is -0.925. The van der Waals surface area contributed by atoms with Crippen LogP contribution in [0.25, 0.3) is 6.08 Å². The summed E-state index contributed by atoms with van der Waals surface area (Å²) in [5.74, 6) is 2.78. The third-order valence-corrected chi connectivity index (χ3v) is 6.13. The van der Waals surface area contributed by atoms with E-state index in [-0.39, 0.29) is 17.3 Å². The molecule has 31 heavy (non-hydrogen) atoms. The molecule has 0 spiro atoms. The Labute approximate surface area is 183 Å². The Kier molecular flexibility index (Phi) is 5.92. The molecule has 2 unspecified atom stereocenters. The SMILES string of the molecule is COc1ccc(/C=C2\Oc3c(ccc([O-])c3C[NH+]3CC(C)CC(C)C3)C2=O)c(OC)c1. The van der Waals surface area contributed by atoms with Crippen LogP contribution in [0.3, 0.4) is 0 Å². The van der Waals surface area contributed by atoms with Crippen molar-refractivity contribution in [3.8, 4) is 23.0 Å². The zero-order valence-electron chi connectivity index (χ0n) is 18.5. The molecule has 1 fully saturated rings. The number of ether oxygens (including phenoxy) is 3. The van der Waals surface area contributed by atoms with Crippen LogP contribution >= 0.6 is 0 Å². The zero-order valence-corrected chi connectivity index (χ0v) is 18.5. The molecule has 2 aromatic carbocycles. The Balaban J connectivity index is 1.65. The quantitative estimate of drug-likeness (QED) is 0.748. The summed E-state index contributed by atoms with van der Waals surface area (Å²) in [4.78, 5) is 14.4. The van der Waals surface area contributed by atoms with Crippen molar-refractivity contribution >= 4 is 11.9 Å². The summed E-state index contributed by atoms with van der Waals surface area (Å²) in [5, 5.41) is 12.7. The first-order valence-electron chi connectivity index (χ1n) is 10.7. The van der Waals surface area contributed by atoms with Crippen LogP contribution in [-0.2, 0) is 6.54 Å². The van der Waals surface area contributed by atoms with E-state index in [2.05, 4.69) is 13.8 Å². The number of nitrogens with one attached hydrogen (secondary N) is 1. The molecule has 0 radical (unpaired) electrons. The second-order valence-electron chi connectivity index (χ2n) is 8.75. The Bertz CT molecular complexity index is 1020. The van der Waals surface area contributed by atoms with E-state index >= 15 is 0 Å². The molecule has 2 atom stereocenters. The van der Waals surface area contributed by atoms with Crippen LogP contribution < -0.4 is 24.2 Å². The highest BCUT2D eigenvalue weighted by atomic mass is 16.5. The van der Waals surface area contributed by atoms with Gasteiger partial charge in [-0.3, -0.25) is 4.79 Å². The number of Topliss-reactive ketones (excluding diaryl/α,β-unsaturated/α-hetero) is 1. The highest BCUT2D eigenvalue weighted by Crippen LogP contribution is 2.39. The van der Waals surface area contributed by atoms with Gasteiger partial charge in [-0.15, -0.1) is 0 Å². The lowest BCUT2D eigenvalue weighted by atomic mass is 9.91. The second-order valence-corrected chi connectivity index (χ2v) is 8.75. The van der Waals surface area contributed by atoms with Crippen molar-refractivity contribution in [3.63, 3.8) is 0 Å². The molecule has 2 aliphatic heterocycles. The van der Waals surface area contributed by atoms with Gasteiger partial charge in [-0.2, -0.15) is 0 Å². The van der Waals surface area contributed by atoms with E-state index < -0.39 is 0 Å². The maximum atomic E-state index is 13.0. The molecule has 0 saturated carbocycles. The van der Waals surface area contributed by atoms with Gasteiger partial charge in [0, 0.05) is 29.0 Å². The average Bonchev–Trinajstić information content (AvgIpc) is 3.05. The predicted molar refractivity (Wildman–Crippen MR) is 116 cm³/mol. The second kappa shape index (κ2) is 8.63. The van der Waals surface area contributed by atoms with Crippen LogP contribution in [-0.4, -0.2) is 33.1 Å². The normalized spacial score (nSPS) is 24.1. The molecule has 2 aliphatic rings. The topological polar surface area (TPSA) is 72.3 Å². The van der Waals surface area contributed by atoms with Gasteiger partial charge in [-0.1, -0.05) is 25.7 Å². The molecule has 1 saturated heterocycles. The number of rotatable bonds is 5. The Morgan fingerprint density at radius 3 is 2.55 bits per heavy atom. The van der Waals surface area contributed by atoms with Crippen molar-refractivity contribution in [2.24, 2.45) is 11.8 Å². The number of hydrogen-bond acceptors (Lipinski definition) is 5. The van der Waals surface area contributed by atoms with Crippen molar-refractivity contribution in [3.05, 3.63) is 52.8 Å². The van der Waals surface area contributed by atoms with Crippen LogP contribution in [0.15, 0.2) is 36.1 Å². The molecular formula is C25H29NO5. The summed E-state index contributed by atoms with van der Waals surface area (Å²) in [6.07, 6.45) is 2.87. The van der Waals surface area contributed by atoms with E-state index in [1.165, 1.54) is 17.4 Å². The third kappa shape index (κ3) is 4.26. The lowest BCUT2D eigenvalue weighted by Crippen LogP contribution is -3.13. The van der Waals surface area contributed by atoms with E-state index in [9.17, 15) is 9.90 Å². The van der Waals surface area contributed by atoms with E-state index in [1.807, 2.05) is 6.07 Å². The summed E-state index contributed by atoms with van der Waals surface area (Å²) in [5.41, 5.74) is 1.74. The van der Waals surface area contributed by atoms with Gasteiger partial charge in [-0.05, 0) is 30.7 Å². The Morgan fingerprint density at radius 2 is 1.87 bits per heavy atom. The van der Waals surface area contributed by atoms with Crippen molar-refractivity contribution in [1.82, 2.24) is 0 Å². The van der Waals surface area contributed by atoms with E-state index in [0.29, 0.717) is 52.3 Å². The molecule has 6 heteroatoms. The Hall–Kier alpha value is -2.99. The maximum absolute atomic E-state index is 13.0. The van der Waals surface area contributed by atoms with Crippen LogP contribution in [0, 0.1) is 11.8 Å². The molecule has 0 amide bonds. The maximum Gasteiger partial charge on any atom is 0.231 e. The van der Waals surface area contributed by atoms with Crippen molar-refractivity contribution in [1.29, 1.82) is 0 Å². The first kappa shape index (κ1) is 21.2. The van der Waals surface area contributed by atoms with Gasteiger partial charge in [0.1, 0.15) is 23.8 Å². The molecule has 1 N–H and O–H groups in total. The van der Waals surface area contributed by atoms with Crippen molar-refractivity contribution in [2.45, 2.75) is 26.8 Å². The predicted octanol–water partition coefficient (Wildman–Crippen LogP) is 2.45. The number of hydrogen-bond donors (Lipinski definition) is 1. The fourth-order valence-corrected chi connectivity index (χ4v) is 4.85. The molecule has 0 aromatic heterocycles. The van der Waals surface area contributed by atoms with Gasteiger partial charge in [0.2, 0.25) is 5.78 Å². The zero-order chi connectivity index (χ0) is 22.1. The molecule has 164 valence electrons. The monoisotopic (exact) mass is 423 g/mol. The number of quaternary nitrogens is 1. The molecule has 0 aliphatic carbocycles. The summed E-state index contributed by atoms with van der Waals surface area (Å²) in [7, 11) is 3.15. The number of fused-ring (bicyclic) bond motifs is 1. The first-order chi connectivity index (χ1) is 14.9. The minimum atomic E-state index is -0.218. The van der Waals surface area contributed by atoms with Gasteiger partial charge in [0.05, 0.1) is 32.9 Å².